The van der Waals surface area contributed by atoms with Crippen molar-refractivity contribution in [3.63, 3.8) is 0 Å². The zero-order chi connectivity index (χ0) is 2.71. The molecule has 0 saturated carbocycles. The summed E-state index contributed by atoms with van der Waals surface area (Å²) in [6.45, 7) is 0. The van der Waals surface area contributed by atoms with Crippen molar-refractivity contribution in [2.45, 2.75) is 7.43 Å². The van der Waals surface area contributed by atoms with E-state index in [4.69, 9.17) is 0 Å². The summed E-state index contributed by atoms with van der Waals surface area (Å²) in [5.41, 5.74) is 0. The van der Waals surface area contributed by atoms with E-state index < -0.39 is 0 Å². The minimum absolute atomic E-state index is 0. The highest BCUT2D eigenvalue weighted by Gasteiger charge is 1.25. The second-order valence-electron chi connectivity index (χ2n) is 0.500. The standard InChI is InChI=1S/C2H7N.CH4.B/c1-3-2;;/h3H,1-2H3;1H4;. The van der Waals surface area contributed by atoms with Gasteiger partial charge >= 0.3 is 0 Å². The largest absolute Gasteiger partial charge is 0.323 e. The SMILES string of the molecule is C.CNC.[B]. The Bertz CT molecular complexity index is 6.85. The highest BCUT2D eigenvalue weighted by molar-refractivity contribution is 5.75. The molecule has 0 aliphatic carbocycles. The number of rotatable bonds is 0. The summed E-state index contributed by atoms with van der Waals surface area (Å²) < 4.78 is 0. The van der Waals surface area contributed by atoms with E-state index in [0.717, 1.165) is 0 Å². The molecule has 0 aromatic rings. The van der Waals surface area contributed by atoms with Crippen LogP contribution in [0.1, 0.15) is 7.43 Å². The van der Waals surface area contributed by atoms with Gasteiger partial charge in [-0.05, 0) is 14.1 Å². The van der Waals surface area contributed by atoms with Gasteiger partial charge in [0.2, 0.25) is 0 Å². The molecule has 0 aliphatic heterocycles. The second kappa shape index (κ2) is 35.1. The lowest BCUT2D eigenvalue weighted by atomic mass is 10.8. The third kappa shape index (κ3) is 26500. The molecule has 0 bridgehead atoms. The average Bonchev–Trinajstić information content (AvgIpc) is 0.918. The quantitative estimate of drug-likeness (QED) is 0.400. The van der Waals surface area contributed by atoms with Crippen molar-refractivity contribution in [2.75, 3.05) is 14.1 Å². The predicted octanol–water partition coefficient (Wildman–Crippen LogP) is 0.0909. The topological polar surface area (TPSA) is 12.0 Å². The average molecular weight is 71.9 g/mol. The van der Waals surface area contributed by atoms with E-state index in [1.165, 1.54) is 0 Å². The van der Waals surface area contributed by atoms with Crippen molar-refractivity contribution in [1.82, 2.24) is 5.32 Å². The summed E-state index contributed by atoms with van der Waals surface area (Å²) in [5.74, 6) is 0. The lowest BCUT2D eigenvalue weighted by Gasteiger charge is -1.59. The van der Waals surface area contributed by atoms with E-state index in [-0.39, 0.29) is 15.8 Å². The van der Waals surface area contributed by atoms with Crippen molar-refractivity contribution >= 4 is 8.41 Å². The maximum absolute atomic E-state index is 2.75. The van der Waals surface area contributed by atoms with E-state index in [1.54, 1.807) is 0 Å². The zero-order valence-corrected chi connectivity index (χ0v) is 3.08. The molecule has 0 saturated heterocycles. The third-order valence-corrected chi connectivity index (χ3v) is 0. The Morgan fingerprint density at radius 2 is 1.20 bits per heavy atom. The van der Waals surface area contributed by atoms with Crippen molar-refractivity contribution in [3.05, 3.63) is 0 Å². The first-order chi connectivity index (χ1) is 1.41. The maximum atomic E-state index is 2.75. The Balaban J connectivity index is -0.0000000200. The molecule has 0 rings (SSSR count). The third-order valence-electron chi connectivity index (χ3n) is 0. The van der Waals surface area contributed by atoms with Gasteiger partial charge in [-0.25, -0.2) is 0 Å². The molecular weight excluding hydrogens is 60.9 g/mol. The molecule has 0 aliphatic rings. The van der Waals surface area contributed by atoms with Crippen LogP contribution in [-0.4, -0.2) is 22.5 Å². The Hall–Kier alpha value is 0.0249. The van der Waals surface area contributed by atoms with Crippen molar-refractivity contribution in [2.24, 2.45) is 0 Å². The molecule has 0 aromatic carbocycles. The molecule has 0 heterocycles. The van der Waals surface area contributed by atoms with Gasteiger partial charge in [-0.2, -0.15) is 0 Å². The Labute approximate surface area is 36.3 Å². The number of hydrogen-bond acceptors (Lipinski definition) is 1. The molecule has 3 radical (unpaired) electrons. The molecule has 0 unspecified atom stereocenters. The first kappa shape index (κ1) is 19.9. The van der Waals surface area contributed by atoms with E-state index in [1.807, 2.05) is 14.1 Å². The molecule has 0 fully saturated rings. The summed E-state index contributed by atoms with van der Waals surface area (Å²) in [4.78, 5) is 0. The van der Waals surface area contributed by atoms with E-state index in [0.29, 0.717) is 0 Å². The second-order valence-corrected chi connectivity index (χ2v) is 0.500. The highest BCUT2D eigenvalue weighted by atomic mass is 14.7. The minimum atomic E-state index is 0. The fourth-order valence-corrected chi connectivity index (χ4v) is 0. The fourth-order valence-electron chi connectivity index (χ4n) is 0. The van der Waals surface area contributed by atoms with Gasteiger partial charge in [0, 0.05) is 8.41 Å². The molecule has 5 heavy (non-hydrogen) atoms. The van der Waals surface area contributed by atoms with Crippen LogP contribution in [0, 0.1) is 0 Å². The van der Waals surface area contributed by atoms with Gasteiger partial charge in [0.05, 0.1) is 0 Å². The van der Waals surface area contributed by atoms with E-state index in [9.17, 15) is 0 Å². The van der Waals surface area contributed by atoms with Crippen LogP contribution < -0.4 is 5.32 Å². The van der Waals surface area contributed by atoms with Crippen LogP contribution in [0.5, 0.6) is 0 Å². The van der Waals surface area contributed by atoms with Gasteiger partial charge in [0.15, 0.2) is 0 Å². The molecule has 0 amide bonds. The lowest BCUT2D eigenvalue weighted by Crippen LogP contribution is -1.89. The van der Waals surface area contributed by atoms with Crippen LogP contribution >= 0.6 is 0 Å². The van der Waals surface area contributed by atoms with E-state index in [2.05, 4.69) is 5.32 Å². The molecule has 0 atom stereocenters. The van der Waals surface area contributed by atoms with Crippen LogP contribution in [0.4, 0.5) is 0 Å². The minimum Gasteiger partial charge on any atom is -0.323 e. The normalized spacial score (nSPS) is 3.60. The van der Waals surface area contributed by atoms with Gasteiger partial charge in [0.1, 0.15) is 0 Å². The van der Waals surface area contributed by atoms with Gasteiger partial charge in [-0.15, -0.1) is 0 Å². The fraction of sp³-hybridized carbons (Fsp3) is 1.00. The zero-order valence-electron chi connectivity index (χ0n) is 3.08. The van der Waals surface area contributed by atoms with Gasteiger partial charge in [-0.1, -0.05) is 7.43 Å². The van der Waals surface area contributed by atoms with Crippen LogP contribution in [0.25, 0.3) is 0 Å². The number of hydrogen-bond donors (Lipinski definition) is 1. The molecule has 31 valence electrons. The summed E-state index contributed by atoms with van der Waals surface area (Å²) in [6, 6.07) is 0. The number of nitrogens with one attached hydrogen (secondary N) is 1. The van der Waals surface area contributed by atoms with Crippen LogP contribution in [0.2, 0.25) is 0 Å². The Kier molecular flexibility index (Phi) is 139. The van der Waals surface area contributed by atoms with Crippen molar-refractivity contribution < 1.29 is 0 Å². The van der Waals surface area contributed by atoms with Crippen LogP contribution in [-0.2, 0) is 0 Å². The van der Waals surface area contributed by atoms with Gasteiger partial charge in [0.25, 0.3) is 0 Å². The molecule has 0 aromatic heterocycles. The monoisotopic (exact) mass is 72.1 g/mol. The first-order valence-corrected chi connectivity index (χ1v) is 1.00. The van der Waals surface area contributed by atoms with Gasteiger partial charge < -0.3 is 5.32 Å². The first-order valence-electron chi connectivity index (χ1n) is 1.00. The maximum Gasteiger partial charge on any atom is 0 e. The predicted molar refractivity (Wildman–Crippen MR) is 27.5 cm³/mol. The molecule has 1 N–H and O–H groups in total. The molecule has 0 spiro atoms. The van der Waals surface area contributed by atoms with Crippen LogP contribution in [0.15, 0.2) is 0 Å². The smallest absolute Gasteiger partial charge is 0 e. The van der Waals surface area contributed by atoms with Crippen molar-refractivity contribution in [3.8, 4) is 0 Å². The molecule has 2 heteroatoms. The van der Waals surface area contributed by atoms with Crippen molar-refractivity contribution in [1.29, 1.82) is 0 Å². The summed E-state index contributed by atoms with van der Waals surface area (Å²) >= 11 is 0. The van der Waals surface area contributed by atoms with E-state index >= 15 is 0 Å². The Morgan fingerprint density at radius 3 is 1.20 bits per heavy atom. The van der Waals surface area contributed by atoms with Gasteiger partial charge in [-0.3, -0.25) is 0 Å². The molecular formula is C3H11BN. The Morgan fingerprint density at radius 1 is 1.20 bits per heavy atom. The highest BCUT2D eigenvalue weighted by Crippen LogP contribution is 0.981. The summed E-state index contributed by atoms with van der Waals surface area (Å²) in [7, 11) is 3.75. The summed E-state index contributed by atoms with van der Waals surface area (Å²) in [5, 5.41) is 2.75. The lowest BCUT2D eigenvalue weighted by molar-refractivity contribution is 1.02. The molecule has 1 nitrogen and oxygen atoms in total. The van der Waals surface area contributed by atoms with Crippen LogP contribution in [0.3, 0.4) is 0 Å². The summed E-state index contributed by atoms with van der Waals surface area (Å²) in [6.07, 6.45) is 0.